The molecule has 0 saturated carbocycles. The second kappa shape index (κ2) is 5.19. The van der Waals surface area contributed by atoms with Crippen LogP contribution in [0.3, 0.4) is 0 Å². The van der Waals surface area contributed by atoms with E-state index in [2.05, 4.69) is 11.9 Å². The van der Waals surface area contributed by atoms with Crippen molar-refractivity contribution < 1.29 is 4.79 Å². The van der Waals surface area contributed by atoms with E-state index >= 15 is 0 Å². The Morgan fingerprint density at radius 1 is 1.47 bits per heavy atom. The van der Waals surface area contributed by atoms with Crippen molar-refractivity contribution in [3.63, 3.8) is 0 Å². The standard InChI is InChI=1S/C11H11Cl2NO/c1-7(2)6-14-11(15)9-5-8(12)3-4-10(9)13/h3-5H,1,6H2,2H3,(H,14,15). The molecule has 1 aromatic rings. The normalized spacial score (nSPS) is 9.80. The number of amides is 1. The Kier molecular flexibility index (Phi) is 4.18. The zero-order chi connectivity index (χ0) is 11.4. The zero-order valence-corrected chi connectivity index (χ0v) is 9.82. The highest BCUT2D eigenvalue weighted by Crippen LogP contribution is 2.20. The van der Waals surface area contributed by atoms with Crippen molar-refractivity contribution in [1.82, 2.24) is 5.32 Å². The molecule has 0 bridgehead atoms. The van der Waals surface area contributed by atoms with Gasteiger partial charge in [0.2, 0.25) is 0 Å². The van der Waals surface area contributed by atoms with Crippen LogP contribution in [0.25, 0.3) is 0 Å². The Hall–Kier alpha value is -0.990. The molecule has 0 aliphatic heterocycles. The first kappa shape index (κ1) is 12.1. The Balaban J connectivity index is 2.81. The second-order valence-corrected chi connectivity index (χ2v) is 4.11. The zero-order valence-electron chi connectivity index (χ0n) is 8.31. The highest BCUT2D eigenvalue weighted by atomic mass is 35.5. The van der Waals surface area contributed by atoms with Crippen molar-refractivity contribution >= 4 is 29.1 Å². The Labute approximate surface area is 98.9 Å². The van der Waals surface area contributed by atoms with Gasteiger partial charge < -0.3 is 5.32 Å². The van der Waals surface area contributed by atoms with E-state index in [1.165, 1.54) is 6.07 Å². The first-order valence-electron chi connectivity index (χ1n) is 4.38. The van der Waals surface area contributed by atoms with Crippen LogP contribution >= 0.6 is 23.2 Å². The summed E-state index contributed by atoms with van der Waals surface area (Å²) in [7, 11) is 0. The number of nitrogens with one attached hydrogen (secondary N) is 1. The van der Waals surface area contributed by atoms with Gasteiger partial charge in [0, 0.05) is 11.6 Å². The van der Waals surface area contributed by atoms with Gasteiger partial charge >= 0.3 is 0 Å². The van der Waals surface area contributed by atoms with E-state index in [0.29, 0.717) is 22.2 Å². The van der Waals surface area contributed by atoms with E-state index in [0.717, 1.165) is 5.57 Å². The third kappa shape index (κ3) is 3.57. The predicted octanol–water partition coefficient (Wildman–Crippen LogP) is 3.30. The molecule has 80 valence electrons. The Bertz CT molecular complexity index is 402. The molecule has 0 aliphatic rings. The minimum absolute atomic E-state index is 0.245. The van der Waals surface area contributed by atoms with E-state index < -0.39 is 0 Å². The van der Waals surface area contributed by atoms with Gasteiger partial charge in [0.15, 0.2) is 0 Å². The molecule has 15 heavy (non-hydrogen) atoms. The van der Waals surface area contributed by atoms with Crippen LogP contribution in [-0.4, -0.2) is 12.5 Å². The molecule has 1 N–H and O–H groups in total. The molecule has 0 atom stereocenters. The summed E-state index contributed by atoms with van der Waals surface area (Å²) in [6, 6.07) is 4.77. The van der Waals surface area contributed by atoms with Gasteiger partial charge in [-0.05, 0) is 25.1 Å². The summed E-state index contributed by atoms with van der Waals surface area (Å²) in [6.45, 7) is 5.95. The summed E-state index contributed by atoms with van der Waals surface area (Å²) in [4.78, 5) is 11.6. The minimum atomic E-state index is -0.245. The highest BCUT2D eigenvalue weighted by molar-refractivity contribution is 6.35. The van der Waals surface area contributed by atoms with Crippen LogP contribution in [0.2, 0.25) is 10.0 Å². The fourth-order valence-electron chi connectivity index (χ4n) is 0.998. The number of hydrogen-bond acceptors (Lipinski definition) is 1. The van der Waals surface area contributed by atoms with Crippen molar-refractivity contribution in [3.8, 4) is 0 Å². The van der Waals surface area contributed by atoms with Gasteiger partial charge in [-0.2, -0.15) is 0 Å². The summed E-state index contributed by atoms with van der Waals surface area (Å²) in [5, 5.41) is 3.56. The summed E-state index contributed by atoms with van der Waals surface area (Å²) < 4.78 is 0. The van der Waals surface area contributed by atoms with Crippen LogP contribution in [0.5, 0.6) is 0 Å². The fraction of sp³-hybridized carbons (Fsp3) is 0.182. The van der Waals surface area contributed by atoms with Crippen LogP contribution in [0.15, 0.2) is 30.4 Å². The first-order chi connectivity index (χ1) is 7.00. The van der Waals surface area contributed by atoms with Gasteiger partial charge in [0.05, 0.1) is 10.6 Å². The van der Waals surface area contributed by atoms with Crippen LogP contribution in [0.4, 0.5) is 0 Å². The molecular formula is C11H11Cl2NO. The number of halogens is 2. The monoisotopic (exact) mass is 243 g/mol. The fourth-order valence-corrected chi connectivity index (χ4v) is 1.37. The van der Waals surface area contributed by atoms with Crippen molar-refractivity contribution in [3.05, 3.63) is 46.0 Å². The van der Waals surface area contributed by atoms with Gasteiger partial charge in [-0.3, -0.25) is 4.79 Å². The predicted molar refractivity (Wildman–Crippen MR) is 63.6 cm³/mol. The van der Waals surface area contributed by atoms with Gasteiger partial charge in [-0.1, -0.05) is 35.4 Å². The average molecular weight is 244 g/mol. The van der Waals surface area contributed by atoms with E-state index in [9.17, 15) is 4.79 Å². The molecule has 0 spiro atoms. The number of rotatable bonds is 3. The summed E-state index contributed by atoms with van der Waals surface area (Å²) in [5.41, 5.74) is 1.26. The van der Waals surface area contributed by atoms with Crippen LogP contribution in [-0.2, 0) is 0 Å². The minimum Gasteiger partial charge on any atom is -0.348 e. The average Bonchev–Trinajstić information content (AvgIpc) is 2.18. The molecule has 0 heterocycles. The molecule has 0 saturated heterocycles. The van der Waals surface area contributed by atoms with Crippen molar-refractivity contribution in [1.29, 1.82) is 0 Å². The molecular weight excluding hydrogens is 233 g/mol. The SMILES string of the molecule is C=C(C)CNC(=O)c1cc(Cl)ccc1Cl. The first-order valence-corrected chi connectivity index (χ1v) is 5.14. The van der Waals surface area contributed by atoms with Crippen molar-refractivity contribution in [2.45, 2.75) is 6.92 Å². The number of benzene rings is 1. The topological polar surface area (TPSA) is 29.1 Å². The molecule has 0 fully saturated rings. The molecule has 1 rings (SSSR count). The molecule has 0 aromatic heterocycles. The second-order valence-electron chi connectivity index (χ2n) is 3.26. The van der Waals surface area contributed by atoms with Crippen LogP contribution in [0, 0.1) is 0 Å². The quantitative estimate of drug-likeness (QED) is 0.812. The highest BCUT2D eigenvalue weighted by Gasteiger charge is 2.09. The van der Waals surface area contributed by atoms with Crippen molar-refractivity contribution in [2.75, 3.05) is 6.54 Å². The van der Waals surface area contributed by atoms with Gasteiger partial charge in [0.1, 0.15) is 0 Å². The largest absolute Gasteiger partial charge is 0.348 e. The summed E-state index contributed by atoms with van der Waals surface area (Å²) >= 11 is 11.6. The third-order valence-corrected chi connectivity index (χ3v) is 2.29. The summed E-state index contributed by atoms with van der Waals surface area (Å²) in [5.74, 6) is -0.245. The number of hydrogen-bond donors (Lipinski definition) is 1. The van der Waals surface area contributed by atoms with Gasteiger partial charge in [-0.15, -0.1) is 0 Å². The summed E-state index contributed by atoms with van der Waals surface area (Å²) in [6.07, 6.45) is 0. The van der Waals surface area contributed by atoms with Crippen molar-refractivity contribution in [2.24, 2.45) is 0 Å². The smallest absolute Gasteiger partial charge is 0.253 e. The number of carbonyl (C=O) groups excluding carboxylic acids is 1. The van der Waals surface area contributed by atoms with Gasteiger partial charge in [0.25, 0.3) is 5.91 Å². The maximum absolute atomic E-state index is 11.6. The Morgan fingerprint density at radius 3 is 2.73 bits per heavy atom. The molecule has 1 amide bonds. The lowest BCUT2D eigenvalue weighted by Gasteiger charge is -2.06. The molecule has 4 heteroatoms. The lowest BCUT2D eigenvalue weighted by atomic mass is 10.2. The molecule has 0 aliphatic carbocycles. The van der Waals surface area contributed by atoms with Crippen LogP contribution < -0.4 is 5.32 Å². The van der Waals surface area contributed by atoms with E-state index in [1.807, 2.05) is 6.92 Å². The lowest BCUT2D eigenvalue weighted by molar-refractivity contribution is 0.0957. The van der Waals surface area contributed by atoms with Crippen LogP contribution in [0.1, 0.15) is 17.3 Å². The lowest BCUT2D eigenvalue weighted by Crippen LogP contribution is -2.25. The maximum atomic E-state index is 11.6. The third-order valence-electron chi connectivity index (χ3n) is 1.72. The number of carbonyl (C=O) groups is 1. The Morgan fingerprint density at radius 2 is 2.13 bits per heavy atom. The maximum Gasteiger partial charge on any atom is 0.253 e. The molecule has 2 nitrogen and oxygen atoms in total. The molecule has 1 aromatic carbocycles. The van der Waals surface area contributed by atoms with E-state index in [-0.39, 0.29) is 5.91 Å². The van der Waals surface area contributed by atoms with Gasteiger partial charge in [-0.25, -0.2) is 0 Å². The van der Waals surface area contributed by atoms with E-state index in [4.69, 9.17) is 23.2 Å². The molecule has 0 unspecified atom stereocenters. The van der Waals surface area contributed by atoms with E-state index in [1.54, 1.807) is 12.1 Å². The molecule has 0 radical (unpaired) electrons.